The van der Waals surface area contributed by atoms with E-state index in [1.807, 2.05) is 6.92 Å². The van der Waals surface area contributed by atoms with Gasteiger partial charge in [-0.15, -0.1) is 0 Å². The average molecular weight is 373 g/mol. The molecule has 0 aromatic rings. The Morgan fingerprint density at radius 1 is 0.920 bits per heavy atom. The Hall–Kier alpha value is -0.940. The van der Waals surface area contributed by atoms with Gasteiger partial charge < -0.3 is 4.79 Å². The van der Waals surface area contributed by atoms with E-state index in [0.29, 0.717) is 6.29 Å². The van der Waals surface area contributed by atoms with E-state index in [4.69, 9.17) is 4.18 Å². The molecule has 146 valence electrons. The van der Waals surface area contributed by atoms with E-state index in [0.717, 1.165) is 64.0 Å². The number of rotatable bonds is 16. The lowest BCUT2D eigenvalue weighted by Gasteiger charge is -2.21. The minimum absolute atomic E-state index is 0.0116. The second-order valence-electron chi connectivity index (χ2n) is 6.53. The van der Waals surface area contributed by atoms with Crippen LogP contribution in [0.4, 0.5) is 0 Å². The number of carbonyl (C=O) groups is 1. The van der Waals surface area contributed by atoms with Crippen molar-refractivity contribution in [2.75, 3.05) is 6.26 Å². The zero-order chi connectivity index (χ0) is 19.0. The molecule has 0 aliphatic carbocycles. The highest BCUT2D eigenvalue weighted by Gasteiger charge is 2.24. The summed E-state index contributed by atoms with van der Waals surface area (Å²) in [6.07, 6.45) is 19.8. The molecule has 25 heavy (non-hydrogen) atoms. The molecule has 4 nitrogen and oxygen atoms in total. The Morgan fingerprint density at radius 2 is 1.60 bits per heavy atom. The molecule has 0 saturated heterocycles. The molecular weight excluding hydrogens is 336 g/mol. The summed E-state index contributed by atoms with van der Waals surface area (Å²) in [6.45, 7) is 4.17. The number of hydrogen-bond donors (Lipinski definition) is 0. The Morgan fingerprint density at radius 3 is 2.20 bits per heavy atom. The van der Waals surface area contributed by atoms with E-state index in [2.05, 4.69) is 31.2 Å². The fraction of sp³-hybridized carbons (Fsp3) is 0.750. The normalized spacial score (nSPS) is 15.0. The summed E-state index contributed by atoms with van der Waals surface area (Å²) in [5.74, 6) is -0.0116. The molecule has 0 bridgehead atoms. The molecule has 0 spiro atoms. The number of aldehydes is 1. The van der Waals surface area contributed by atoms with E-state index in [1.54, 1.807) is 0 Å². The smallest absolute Gasteiger partial charge is 0.265 e. The Labute approximate surface area is 154 Å². The van der Waals surface area contributed by atoms with Crippen molar-refractivity contribution < 1.29 is 17.4 Å². The molecule has 0 rings (SSSR count). The van der Waals surface area contributed by atoms with Crippen LogP contribution in [-0.2, 0) is 19.1 Å². The van der Waals surface area contributed by atoms with Gasteiger partial charge in [-0.1, -0.05) is 63.8 Å². The van der Waals surface area contributed by atoms with Crippen LogP contribution in [0.15, 0.2) is 24.3 Å². The summed E-state index contributed by atoms with van der Waals surface area (Å²) >= 11 is 0. The fourth-order valence-corrected chi connectivity index (χ4v) is 3.44. The van der Waals surface area contributed by atoms with Crippen molar-refractivity contribution >= 4 is 16.4 Å². The molecule has 0 radical (unpaired) electrons. The van der Waals surface area contributed by atoms with Gasteiger partial charge in [0.15, 0.2) is 6.29 Å². The van der Waals surface area contributed by atoms with Gasteiger partial charge in [-0.25, -0.2) is 0 Å². The molecule has 0 heterocycles. The first-order valence-corrected chi connectivity index (χ1v) is 11.4. The number of allylic oxidation sites excluding steroid dienone is 4. The third-order valence-corrected chi connectivity index (χ3v) is 4.65. The van der Waals surface area contributed by atoms with Gasteiger partial charge in [-0.05, 0) is 44.4 Å². The molecule has 0 aliphatic heterocycles. The second-order valence-corrected chi connectivity index (χ2v) is 8.13. The first kappa shape index (κ1) is 24.1. The largest absolute Gasteiger partial charge is 0.300 e. The molecule has 0 amide bonds. The molecule has 5 heteroatoms. The van der Waals surface area contributed by atoms with Crippen LogP contribution in [0.3, 0.4) is 0 Å². The van der Waals surface area contributed by atoms with Crippen LogP contribution in [0.25, 0.3) is 0 Å². The fourth-order valence-electron chi connectivity index (χ4n) is 2.84. The number of unbranched alkanes of at least 4 members (excludes halogenated alkanes) is 4. The standard InChI is InChI=1S/C20H36O4S/c1-4-6-7-8-9-10-11-12-13-14-15-17-19(16-5-2)20(18-21)24-25(3,22)23/h6-7,9-10,18-20H,4-5,8,11-17H2,1-3H3/b7-6+,10-9+. The summed E-state index contributed by atoms with van der Waals surface area (Å²) in [5.41, 5.74) is 0. The van der Waals surface area contributed by atoms with E-state index < -0.39 is 16.2 Å². The van der Waals surface area contributed by atoms with Crippen molar-refractivity contribution in [1.82, 2.24) is 0 Å². The molecule has 0 N–H and O–H groups in total. The summed E-state index contributed by atoms with van der Waals surface area (Å²) < 4.78 is 27.5. The van der Waals surface area contributed by atoms with Crippen LogP contribution in [0, 0.1) is 5.92 Å². The minimum Gasteiger partial charge on any atom is -0.300 e. The highest BCUT2D eigenvalue weighted by molar-refractivity contribution is 7.86. The highest BCUT2D eigenvalue weighted by Crippen LogP contribution is 2.22. The van der Waals surface area contributed by atoms with Gasteiger partial charge >= 0.3 is 0 Å². The molecular formula is C20H36O4S. The van der Waals surface area contributed by atoms with Crippen molar-refractivity contribution in [2.45, 2.75) is 84.2 Å². The van der Waals surface area contributed by atoms with E-state index in [-0.39, 0.29) is 5.92 Å². The van der Waals surface area contributed by atoms with Crippen molar-refractivity contribution in [3.8, 4) is 0 Å². The maximum Gasteiger partial charge on any atom is 0.265 e. The molecule has 0 saturated carbocycles. The lowest BCUT2D eigenvalue weighted by molar-refractivity contribution is -0.115. The Bertz CT molecular complexity index is 480. The van der Waals surface area contributed by atoms with Crippen molar-refractivity contribution in [3.63, 3.8) is 0 Å². The maximum absolute atomic E-state index is 11.3. The predicted molar refractivity (Wildman–Crippen MR) is 105 cm³/mol. The number of hydrogen-bond acceptors (Lipinski definition) is 4. The van der Waals surface area contributed by atoms with Crippen LogP contribution in [0.2, 0.25) is 0 Å². The summed E-state index contributed by atoms with van der Waals surface area (Å²) in [6, 6.07) is 0. The zero-order valence-electron chi connectivity index (χ0n) is 16.2. The third-order valence-electron chi connectivity index (χ3n) is 4.08. The second kappa shape index (κ2) is 15.3. The molecule has 2 unspecified atom stereocenters. The lowest BCUT2D eigenvalue weighted by atomic mass is 9.91. The Kier molecular flexibility index (Phi) is 14.7. The summed E-state index contributed by atoms with van der Waals surface area (Å²) in [5, 5.41) is 0. The van der Waals surface area contributed by atoms with Gasteiger partial charge in [0.05, 0.1) is 6.26 Å². The van der Waals surface area contributed by atoms with Crippen LogP contribution >= 0.6 is 0 Å². The molecule has 0 aromatic carbocycles. The van der Waals surface area contributed by atoms with Gasteiger partial charge in [0, 0.05) is 0 Å². The van der Waals surface area contributed by atoms with Gasteiger partial charge in [-0.2, -0.15) is 8.42 Å². The van der Waals surface area contributed by atoms with E-state index in [1.165, 1.54) is 6.42 Å². The van der Waals surface area contributed by atoms with Crippen molar-refractivity contribution in [3.05, 3.63) is 24.3 Å². The average Bonchev–Trinajstić information content (AvgIpc) is 2.56. The van der Waals surface area contributed by atoms with Crippen LogP contribution in [0.1, 0.15) is 78.1 Å². The van der Waals surface area contributed by atoms with Crippen LogP contribution < -0.4 is 0 Å². The first-order chi connectivity index (χ1) is 11.9. The molecule has 2 atom stereocenters. The zero-order valence-corrected chi connectivity index (χ0v) is 17.0. The van der Waals surface area contributed by atoms with Gasteiger partial charge in [0.1, 0.15) is 6.10 Å². The van der Waals surface area contributed by atoms with Crippen molar-refractivity contribution in [1.29, 1.82) is 0 Å². The van der Waals surface area contributed by atoms with E-state index >= 15 is 0 Å². The molecule has 0 aliphatic rings. The van der Waals surface area contributed by atoms with E-state index in [9.17, 15) is 13.2 Å². The summed E-state index contributed by atoms with van der Waals surface area (Å²) in [7, 11) is -3.60. The quantitative estimate of drug-likeness (QED) is 0.162. The van der Waals surface area contributed by atoms with Gasteiger partial charge in [-0.3, -0.25) is 4.18 Å². The van der Waals surface area contributed by atoms with Crippen molar-refractivity contribution in [2.24, 2.45) is 5.92 Å². The lowest BCUT2D eigenvalue weighted by Crippen LogP contribution is -2.28. The van der Waals surface area contributed by atoms with Crippen LogP contribution in [-0.4, -0.2) is 27.1 Å². The predicted octanol–water partition coefficient (Wildman–Crippen LogP) is 5.20. The maximum atomic E-state index is 11.3. The molecule has 0 fully saturated rings. The first-order valence-electron chi connectivity index (χ1n) is 9.58. The SMILES string of the molecule is CC/C=C/C/C=C/CCCCCCC(CCC)C(C=O)OS(C)(=O)=O. The monoisotopic (exact) mass is 372 g/mol. The Balaban J connectivity index is 4.00. The number of carbonyl (C=O) groups excluding carboxylic acids is 1. The topological polar surface area (TPSA) is 60.4 Å². The minimum atomic E-state index is -3.60. The highest BCUT2D eigenvalue weighted by atomic mass is 32.2. The van der Waals surface area contributed by atoms with Gasteiger partial charge in [0.25, 0.3) is 10.1 Å². The third kappa shape index (κ3) is 15.1. The summed E-state index contributed by atoms with van der Waals surface area (Å²) in [4.78, 5) is 11.2. The van der Waals surface area contributed by atoms with Gasteiger partial charge in [0.2, 0.25) is 0 Å². The van der Waals surface area contributed by atoms with Crippen LogP contribution in [0.5, 0.6) is 0 Å². The molecule has 0 aromatic heterocycles.